The van der Waals surface area contributed by atoms with Crippen molar-refractivity contribution in [1.29, 1.82) is 0 Å². The second kappa shape index (κ2) is 15.1. The van der Waals surface area contributed by atoms with Crippen molar-refractivity contribution in [2.45, 2.75) is 192 Å². The molecule has 3 heterocycles. The second-order valence-electron chi connectivity index (χ2n) is 20.3. The number of hydrogen-bond acceptors (Lipinski definition) is 16. The van der Waals surface area contributed by atoms with Gasteiger partial charge in [0, 0.05) is 0 Å². The van der Waals surface area contributed by atoms with Crippen LogP contribution in [0.5, 0.6) is 0 Å². The molecule has 2 unspecified atom stereocenters. The largest absolute Gasteiger partial charge is 0.453 e. The van der Waals surface area contributed by atoms with E-state index in [9.17, 15) is 53.5 Å². The molecule has 6 fully saturated rings. The van der Waals surface area contributed by atoms with Crippen LogP contribution in [0.2, 0.25) is 0 Å². The molecule has 0 bridgehead atoms. The van der Waals surface area contributed by atoms with E-state index < -0.39 is 129 Å². The fourth-order valence-corrected chi connectivity index (χ4v) is 13.6. The summed E-state index contributed by atoms with van der Waals surface area (Å²) in [4.78, 5) is 14.4. The maximum atomic E-state index is 14.4. The van der Waals surface area contributed by atoms with Crippen LogP contribution in [-0.2, 0) is 43.1 Å². The van der Waals surface area contributed by atoms with E-state index in [4.69, 9.17) is 23.7 Å². The van der Waals surface area contributed by atoms with E-state index in [1.54, 1.807) is 13.0 Å². The van der Waals surface area contributed by atoms with Crippen LogP contribution in [0, 0.1) is 39.4 Å². The maximum Gasteiger partial charge on any atom is 0.397 e. The minimum absolute atomic E-state index is 0.0514. The lowest BCUT2D eigenvalue weighted by Crippen LogP contribution is -2.69. The van der Waals surface area contributed by atoms with Crippen LogP contribution in [0.4, 0.5) is 0 Å². The highest BCUT2D eigenvalue weighted by Crippen LogP contribution is 2.77. The van der Waals surface area contributed by atoms with Crippen molar-refractivity contribution in [1.82, 2.24) is 0 Å². The Morgan fingerprint density at radius 2 is 1.56 bits per heavy atom. The van der Waals surface area contributed by atoms with Gasteiger partial charge in [-0.3, -0.25) is 9.35 Å². The SMILES string of the molecule is CC(C)CCC(O)[C@]1(C)OC(=O)[C@]23[C@H](O)C=C4[C@@H](CCC5C(C)(C)[C@@H](O[C@@H]6OC[C@@H](OS(=O)(=O)O)[C@H](O)[C@H]6O[C@@H]6O[C@H](C)[C@@H](O)[C@H](O)[C@H]6O)CC[C@]45C)[C@]2(C)CC[C@@]31O. The van der Waals surface area contributed by atoms with Gasteiger partial charge >= 0.3 is 16.4 Å². The molecule has 0 aromatic carbocycles. The van der Waals surface area contributed by atoms with Gasteiger partial charge in [0.25, 0.3) is 0 Å². The average molecular weight is 863 g/mol. The van der Waals surface area contributed by atoms with Crippen LogP contribution in [0.1, 0.15) is 107 Å². The van der Waals surface area contributed by atoms with Crippen molar-refractivity contribution in [2.75, 3.05) is 6.61 Å². The van der Waals surface area contributed by atoms with Crippen molar-refractivity contribution < 1.29 is 81.4 Å². The molecule has 17 nitrogen and oxygen atoms in total. The minimum atomic E-state index is -5.05. The number of cyclic esters (lactones) is 1. The van der Waals surface area contributed by atoms with E-state index >= 15 is 0 Å². The molecule has 7 aliphatic rings. The molecule has 0 aromatic rings. The summed E-state index contributed by atoms with van der Waals surface area (Å²) >= 11 is 0. The predicted molar refractivity (Wildman–Crippen MR) is 205 cm³/mol. The van der Waals surface area contributed by atoms with Gasteiger partial charge in [-0.05, 0) is 99.2 Å². The highest BCUT2D eigenvalue weighted by molar-refractivity contribution is 7.80. The van der Waals surface area contributed by atoms with Crippen LogP contribution in [0.25, 0.3) is 0 Å². The molecule has 4 aliphatic carbocycles. The lowest BCUT2D eigenvalue weighted by molar-refractivity contribution is -0.362. The molecule has 0 radical (unpaired) electrons. The van der Waals surface area contributed by atoms with Gasteiger partial charge < -0.3 is 59.4 Å². The summed E-state index contributed by atoms with van der Waals surface area (Å²) in [5.41, 5.74) is -6.11. The van der Waals surface area contributed by atoms with E-state index in [-0.39, 0.29) is 24.2 Å². The zero-order valence-corrected chi connectivity index (χ0v) is 36.1. The molecule has 338 valence electrons. The molecule has 19 atom stereocenters. The first-order valence-electron chi connectivity index (χ1n) is 21.2. The van der Waals surface area contributed by atoms with Crippen LogP contribution in [0.3, 0.4) is 0 Å². The number of hydrogen-bond donors (Lipinski definition) is 8. The maximum absolute atomic E-state index is 14.4. The Morgan fingerprint density at radius 1 is 0.881 bits per heavy atom. The molecule has 0 amide bonds. The fraction of sp³-hybridized carbons (Fsp3) is 0.927. The fourth-order valence-electron chi connectivity index (χ4n) is 13.1. The molecule has 18 heteroatoms. The number of carbonyl (C=O) groups is 1. The summed E-state index contributed by atoms with van der Waals surface area (Å²) in [5, 5.41) is 79.4. The highest BCUT2D eigenvalue weighted by Gasteiger charge is 2.86. The molecule has 3 saturated carbocycles. The molecular weight excluding hydrogens is 797 g/mol. The zero-order valence-electron chi connectivity index (χ0n) is 35.3. The van der Waals surface area contributed by atoms with E-state index in [1.807, 2.05) is 20.8 Å². The Hall–Kier alpha value is -1.36. The van der Waals surface area contributed by atoms with Crippen LogP contribution < -0.4 is 0 Å². The molecule has 3 aliphatic heterocycles. The average Bonchev–Trinajstić information content (AvgIpc) is 3.51. The van der Waals surface area contributed by atoms with Crippen molar-refractivity contribution in [3.8, 4) is 0 Å². The topological polar surface area (TPSA) is 268 Å². The summed E-state index contributed by atoms with van der Waals surface area (Å²) in [7, 11) is -5.05. The predicted octanol–water partition coefficient (Wildman–Crippen LogP) is 1.27. The number of ether oxygens (including phenoxy) is 5. The lowest BCUT2D eigenvalue weighted by Gasteiger charge is -2.64. The molecule has 59 heavy (non-hydrogen) atoms. The van der Waals surface area contributed by atoms with Gasteiger partial charge in [0.05, 0.1) is 31.0 Å². The summed E-state index contributed by atoms with van der Waals surface area (Å²) < 4.78 is 67.6. The van der Waals surface area contributed by atoms with Crippen LogP contribution in [-0.4, -0.2) is 146 Å². The van der Waals surface area contributed by atoms with Gasteiger partial charge in [-0.2, -0.15) is 8.42 Å². The Kier molecular flexibility index (Phi) is 11.7. The van der Waals surface area contributed by atoms with Crippen molar-refractivity contribution in [3.63, 3.8) is 0 Å². The first kappa shape index (κ1) is 45.7. The summed E-state index contributed by atoms with van der Waals surface area (Å²) in [5.74, 6) is -0.638. The number of rotatable bonds is 10. The zero-order chi connectivity index (χ0) is 43.6. The molecule has 1 spiro atoms. The number of aliphatic hydroxyl groups excluding tert-OH is 6. The Balaban J connectivity index is 1.16. The third-order valence-corrected chi connectivity index (χ3v) is 17.0. The highest BCUT2D eigenvalue weighted by atomic mass is 32.3. The van der Waals surface area contributed by atoms with Crippen LogP contribution in [0.15, 0.2) is 11.6 Å². The Bertz CT molecular complexity index is 1760. The Morgan fingerprint density at radius 3 is 2.20 bits per heavy atom. The van der Waals surface area contributed by atoms with E-state index in [1.165, 1.54) is 6.92 Å². The van der Waals surface area contributed by atoms with Gasteiger partial charge in [0.15, 0.2) is 18.2 Å². The van der Waals surface area contributed by atoms with Crippen molar-refractivity contribution >= 4 is 16.4 Å². The van der Waals surface area contributed by atoms with Gasteiger partial charge in [-0.25, -0.2) is 4.18 Å². The summed E-state index contributed by atoms with van der Waals surface area (Å²) in [6.07, 6.45) is -11.2. The van der Waals surface area contributed by atoms with Gasteiger partial charge in [0.2, 0.25) is 0 Å². The number of carbonyl (C=O) groups excluding carboxylic acids is 1. The number of esters is 1. The molecule has 7 rings (SSSR count). The molecular formula is C41H66O17S. The van der Waals surface area contributed by atoms with Crippen molar-refractivity contribution in [3.05, 3.63) is 11.6 Å². The van der Waals surface area contributed by atoms with Crippen molar-refractivity contribution in [2.24, 2.45) is 39.4 Å². The summed E-state index contributed by atoms with van der Waals surface area (Å²) in [6, 6.07) is 0. The quantitative estimate of drug-likeness (QED) is 0.0665. The molecule has 0 aromatic heterocycles. The minimum Gasteiger partial charge on any atom is -0.453 e. The van der Waals surface area contributed by atoms with Gasteiger partial charge in [-0.15, -0.1) is 0 Å². The first-order valence-corrected chi connectivity index (χ1v) is 22.6. The van der Waals surface area contributed by atoms with Crippen LogP contribution >= 0.6 is 0 Å². The Labute approximate surface area is 346 Å². The molecule has 8 N–H and O–H groups in total. The monoisotopic (exact) mass is 862 g/mol. The smallest absolute Gasteiger partial charge is 0.397 e. The van der Waals surface area contributed by atoms with Gasteiger partial charge in [-0.1, -0.05) is 53.2 Å². The van der Waals surface area contributed by atoms with E-state index in [0.29, 0.717) is 44.9 Å². The standard InChI is InChI=1S/C41H66O17S/c1-19(2)9-12-25(42)39(8)40(49)16-15-38(7)21-10-11-24-36(4,5)27(13-14-37(24,6)22(21)17-26(43)41(38,40)35(48)57-39)55-34-32(29(45)23(18-53-34)58-59(50,51)52)56-33-31(47)30(46)28(44)20(3)54-33/h17,19-21,23-34,42-47,49H,9-16,18H2,1-8H3,(H,50,51,52)/t20-,21-,23-,24?,25?,26-,27+,28-,29+,30+,31-,32-,33+,34+,37-,38+,39+,40+,41-/m1/s1. The second-order valence-corrected chi connectivity index (χ2v) is 21.3. The third kappa shape index (κ3) is 6.64. The van der Waals surface area contributed by atoms with E-state index in [2.05, 4.69) is 25.0 Å². The number of allylic oxidation sites excluding steroid dienone is 1. The number of fused-ring (bicyclic) bond motifs is 4. The normalized spacial score (nSPS) is 51.2. The lowest BCUT2D eigenvalue weighted by atomic mass is 9.40. The molecule has 3 saturated heterocycles. The first-order chi connectivity index (χ1) is 27.2. The number of aliphatic hydroxyl groups is 7. The van der Waals surface area contributed by atoms with Gasteiger partial charge in [0.1, 0.15) is 47.6 Å². The third-order valence-electron chi connectivity index (χ3n) is 16.5. The summed E-state index contributed by atoms with van der Waals surface area (Å²) in [6.45, 7) is 14.9. The van der Waals surface area contributed by atoms with E-state index in [0.717, 1.165) is 5.57 Å².